The van der Waals surface area contributed by atoms with E-state index in [-0.39, 0.29) is 25.2 Å². The van der Waals surface area contributed by atoms with E-state index in [1.807, 2.05) is 60.7 Å². The van der Waals surface area contributed by atoms with Crippen LogP contribution in [0.3, 0.4) is 0 Å². The van der Waals surface area contributed by atoms with Crippen LogP contribution < -0.4 is 0 Å². The minimum Gasteiger partial charge on any atom is -0.464 e. The van der Waals surface area contributed by atoms with Crippen LogP contribution in [0.5, 0.6) is 0 Å². The topological polar surface area (TPSA) is 74.2 Å². The summed E-state index contributed by atoms with van der Waals surface area (Å²) in [6.45, 7) is 9.17. The van der Waals surface area contributed by atoms with Crippen molar-refractivity contribution in [2.24, 2.45) is 4.99 Å². The third-order valence-corrected chi connectivity index (χ3v) is 6.31. The number of benzene rings is 2. The molecule has 0 aliphatic heterocycles. The van der Waals surface area contributed by atoms with Crippen LogP contribution in [0.4, 0.5) is 0 Å². The molecule has 0 aliphatic carbocycles. The van der Waals surface area contributed by atoms with E-state index >= 15 is 0 Å². The maximum Gasteiger partial charge on any atom is 0.354 e. The Morgan fingerprint density at radius 1 is 0.909 bits per heavy atom. The van der Waals surface area contributed by atoms with E-state index in [9.17, 15) is 9.36 Å². The van der Waals surface area contributed by atoms with Crippen LogP contribution in [0.1, 0.15) is 52.2 Å². The number of rotatable bonds is 12. The molecule has 1 unspecified atom stereocenters. The molecule has 0 saturated heterocycles. The average Bonchev–Trinajstić information content (AvgIpc) is 2.76. The van der Waals surface area contributed by atoms with Crippen molar-refractivity contribution in [2.45, 2.75) is 59.3 Å². The first-order chi connectivity index (χ1) is 15.7. The summed E-state index contributed by atoms with van der Waals surface area (Å²) in [6, 6.07) is 18.5. The second kappa shape index (κ2) is 13.2. The van der Waals surface area contributed by atoms with Crippen LogP contribution in [-0.4, -0.2) is 36.5 Å². The maximum atomic E-state index is 13.1. The molecule has 0 aromatic heterocycles. The molecule has 178 valence electrons. The normalized spacial score (nSPS) is 12.8. The summed E-state index contributed by atoms with van der Waals surface area (Å²) in [7, 11) is -3.46. The van der Waals surface area contributed by atoms with E-state index in [4.69, 9.17) is 18.8 Å². The molecule has 6 nitrogen and oxygen atoms in total. The van der Waals surface area contributed by atoms with E-state index in [0.717, 1.165) is 11.1 Å². The van der Waals surface area contributed by atoms with Crippen molar-refractivity contribution in [1.29, 1.82) is 0 Å². The standard InChI is InChI=1S/C26H34NO5P/c1-6-30-26(28)24(18-13-19-33(29,31-20(2)3)32-21(4)5)27-25(22-14-9-7-10-15-22)23-16-11-8-12-17-23/h7-17,19-21,24H,6,18H2,1-5H3. The van der Waals surface area contributed by atoms with Gasteiger partial charge in [-0.05, 0) is 41.0 Å². The molecule has 0 radical (unpaired) electrons. The molecular formula is C26H34NO5P. The highest BCUT2D eigenvalue weighted by molar-refractivity contribution is 7.57. The maximum absolute atomic E-state index is 13.1. The Morgan fingerprint density at radius 3 is 1.82 bits per heavy atom. The highest BCUT2D eigenvalue weighted by Crippen LogP contribution is 2.52. The van der Waals surface area contributed by atoms with Crippen molar-refractivity contribution >= 4 is 19.3 Å². The number of hydrogen-bond donors (Lipinski definition) is 0. The Labute approximate surface area is 197 Å². The summed E-state index contributed by atoms with van der Waals surface area (Å²) in [5.41, 5.74) is 2.46. The lowest BCUT2D eigenvalue weighted by Crippen LogP contribution is -2.23. The molecule has 0 bridgehead atoms. The summed E-state index contributed by atoms with van der Waals surface area (Å²) < 4.78 is 29.5. The predicted octanol–water partition coefficient (Wildman–Crippen LogP) is 6.40. The molecule has 1 atom stereocenters. The molecule has 0 fully saturated rings. The van der Waals surface area contributed by atoms with Crippen molar-refractivity contribution in [2.75, 3.05) is 6.61 Å². The van der Waals surface area contributed by atoms with Gasteiger partial charge in [0.25, 0.3) is 0 Å². The van der Waals surface area contributed by atoms with Crippen molar-refractivity contribution in [1.82, 2.24) is 0 Å². The molecule has 0 heterocycles. The van der Waals surface area contributed by atoms with Crippen molar-refractivity contribution in [3.8, 4) is 0 Å². The largest absolute Gasteiger partial charge is 0.464 e. The number of aliphatic imine (C=N–C) groups is 1. The van der Waals surface area contributed by atoms with Crippen LogP contribution in [-0.2, 0) is 23.1 Å². The minimum absolute atomic E-state index is 0.189. The molecule has 0 amide bonds. The molecular weight excluding hydrogens is 437 g/mol. The minimum atomic E-state index is -3.46. The van der Waals surface area contributed by atoms with Crippen LogP contribution in [0.15, 0.2) is 77.5 Å². The molecule has 2 rings (SSSR count). The van der Waals surface area contributed by atoms with Crippen molar-refractivity contribution in [3.63, 3.8) is 0 Å². The van der Waals surface area contributed by atoms with E-state index in [2.05, 4.69) is 0 Å². The van der Waals surface area contributed by atoms with Gasteiger partial charge in [0.15, 0.2) is 6.04 Å². The number of carbonyl (C=O) groups excluding carboxylic acids is 1. The molecule has 7 heteroatoms. The van der Waals surface area contributed by atoms with Crippen molar-refractivity contribution < 1.29 is 23.1 Å². The van der Waals surface area contributed by atoms with Gasteiger partial charge in [-0.3, -0.25) is 9.56 Å². The Hall–Kier alpha value is -2.53. The first-order valence-electron chi connectivity index (χ1n) is 11.2. The van der Waals surface area contributed by atoms with Gasteiger partial charge in [-0.2, -0.15) is 0 Å². The van der Waals surface area contributed by atoms with Gasteiger partial charge in [0.1, 0.15) is 0 Å². The van der Waals surface area contributed by atoms with Gasteiger partial charge in [-0.1, -0.05) is 66.7 Å². The Balaban J connectivity index is 2.41. The lowest BCUT2D eigenvalue weighted by molar-refractivity contribution is -0.144. The third-order valence-electron chi connectivity index (χ3n) is 4.30. The lowest BCUT2D eigenvalue weighted by atomic mass is 10.0. The number of esters is 1. The van der Waals surface area contributed by atoms with E-state index < -0.39 is 19.6 Å². The quantitative estimate of drug-likeness (QED) is 0.203. The van der Waals surface area contributed by atoms with Gasteiger partial charge in [0.05, 0.1) is 24.5 Å². The number of nitrogens with zero attached hydrogens (tertiary/aromatic N) is 1. The summed E-state index contributed by atoms with van der Waals surface area (Å²) >= 11 is 0. The average molecular weight is 472 g/mol. The van der Waals surface area contributed by atoms with E-state index in [1.165, 1.54) is 5.82 Å². The van der Waals surface area contributed by atoms with Crippen LogP contribution in [0.2, 0.25) is 0 Å². The van der Waals surface area contributed by atoms with Gasteiger partial charge in [0, 0.05) is 16.9 Å². The Morgan fingerprint density at radius 2 is 1.39 bits per heavy atom. The fraction of sp³-hybridized carbons (Fsp3) is 0.385. The number of ether oxygens (including phenoxy) is 1. The van der Waals surface area contributed by atoms with Crippen LogP contribution >= 0.6 is 7.60 Å². The highest BCUT2D eigenvalue weighted by Gasteiger charge is 2.25. The Kier molecular flexibility index (Phi) is 10.7. The van der Waals surface area contributed by atoms with E-state index in [1.54, 1.807) is 40.7 Å². The fourth-order valence-corrected chi connectivity index (χ4v) is 4.85. The van der Waals surface area contributed by atoms with E-state index in [0.29, 0.717) is 5.71 Å². The first kappa shape index (κ1) is 26.7. The second-order valence-electron chi connectivity index (χ2n) is 7.95. The van der Waals surface area contributed by atoms with Gasteiger partial charge in [-0.15, -0.1) is 0 Å². The number of carbonyl (C=O) groups is 1. The summed E-state index contributed by atoms with van der Waals surface area (Å²) in [4.78, 5) is 17.6. The molecule has 0 aliphatic rings. The zero-order chi connectivity index (χ0) is 24.3. The number of hydrogen-bond acceptors (Lipinski definition) is 6. The highest BCUT2D eigenvalue weighted by atomic mass is 31.2. The summed E-state index contributed by atoms with van der Waals surface area (Å²) in [5, 5.41) is 0. The van der Waals surface area contributed by atoms with Gasteiger partial charge in [-0.25, -0.2) is 4.79 Å². The zero-order valence-corrected chi connectivity index (χ0v) is 20.9. The SMILES string of the molecule is CCOC(=O)C(CC=CP(=O)(OC(C)C)OC(C)C)N=C(c1ccccc1)c1ccccc1. The molecule has 2 aromatic rings. The molecule has 0 saturated carbocycles. The van der Waals surface area contributed by atoms with Gasteiger partial charge in [0.2, 0.25) is 0 Å². The molecule has 0 spiro atoms. The predicted molar refractivity (Wildman–Crippen MR) is 133 cm³/mol. The molecule has 2 aromatic carbocycles. The monoisotopic (exact) mass is 471 g/mol. The first-order valence-corrected chi connectivity index (χ1v) is 12.8. The van der Waals surface area contributed by atoms with Crippen molar-refractivity contribution in [3.05, 3.63) is 83.7 Å². The smallest absolute Gasteiger partial charge is 0.354 e. The molecule has 33 heavy (non-hydrogen) atoms. The van der Waals surface area contributed by atoms with Gasteiger partial charge < -0.3 is 13.8 Å². The third kappa shape index (κ3) is 9.09. The zero-order valence-electron chi connectivity index (χ0n) is 20.0. The molecule has 0 N–H and O–H groups in total. The summed E-state index contributed by atoms with van der Waals surface area (Å²) in [5.74, 6) is 0.968. The van der Waals surface area contributed by atoms with Crippen LogP contribution in [0.25, 0.3) is 0 Å². The second-order valence-corrected chi connectivity index (χ2v) is 9.75. The Bertz CT molecular complexity index is 915. The lowest BCUT2D eigenvalue weighted by Gasteiger charge is -2.20. The summed E-state index contributed by atoms with van der Waals surface area (Å²) in [6.07, 6.45) is 1.26. The van der Waals surface area contributed by atoms with Gasteiger partial charge >= 0.3 is 13.6 Å². The fourth-order valence-electron chi connectivity index (χ4n) is 3.11. The van der Waals surface area contributed by atoms with Crippen LogP contribution in [0, 0.1) is 0 Å².